The van der Waals surface area contributed by atoms with Gasteiger partial charge in [-0.15, -0.1) is 11.3 Å². The van der Waals surface area contributed by atoms with Gasteiger partial charge >= 0.3 is 12.0 Å². The van der Waals surface area contributed by atoms with Crippen LogP contribution in [0.25, 0.3) is 5.70 Å². The number of carbonyl (C=O) groups excluding carboxylic acids is 2. The van der Waals surface area contributed by atoms with Crippen LogP contribution in [0.4, 0.5) is 4.79 Å². The fourth-order valence-corrected chi connectivity index (χ4v) is 3.84. The van der Waals surface area contributed by atoms with Crippen LogP contribution < -0.4 is 15.4 Å². The summed E-state index contributed by atoms with van der Waals surface area (Å²) in [5.41, 5.74) is 2.57. The van der Waals surface area contributed by atoms with E-state index in [1.807, 2.05) is 18.4 Å². The minimum Gasteiger partial charge on any atom is -0.497 e. The van der Waals surface area contributed by atoms with E-state index in [0.29, 0.717) is 22.6 Å². The zero-order chi connectivity index (χ0) is 18.7. The Morgan fingerprint density at radius 3 is 2.54 bits per heavy atom. The van der Waals surface area contributed by atoms with Gasteiger partial charge in [-0.1, -0.05) is 0 Å². The lowest BCUT2D eigenvalue weighted by molar-refractivity contribution is -0.138. The molecule has 2 heterocycles. The van der Waals surface area contributed by atoms with E-state index < -0.39 is 12.0 Å². The van der Waals surface area contributed by atoms with E-state index in [9.17, 15) is 9.59 Å². The molecule has 0 bridgehead atoms. The van der Waals surface area contributed by atoms with Crippen LogP contribution in [0, 0.1) is 6.92 Å². The molecule has 1 aliphatic rings. The molecule has 26 heavy (non-hydrogen) atoms. The van der Waals surface area contributed by atoms with Gasteiger partial charge in [-0.2, -0.15) is 0 Å². The molecule has 0 radical (unpaired) electrons. The Kier molecular flexibility index (Phi) is 5.27. The van der Waals surface area contributed by atoms with Crippen molar-refractivity contribution >= 4 is 29.0 Å². The lowest BCUT2D eigenvalue weighted by Gasteiger charge is -2.29. The number of hydrogen-bond acceptors (Lipinski definition) is 5. The molecule has 1 atom stereocenters. The monoisotopic (exact) mass is 372 g/mol. The topological polar surface area (TPSA) is 76.7 Å². The molecule has 1 unspecified atom stereocenters. The van der Waals surface area contributed by atoms with Gasteiger partial charge < -0.3 is 20.1 Å². The molecule has 0 fully saturated rings. The summed E-state index contributed by atoms with van der Waals surface area (Å²) in [5.74, 6) is 0.238. The van der Waals surface area contributed by atoms with Crippen molar-refractivity contribution in [2.24, 2.45) is 0 Å². The van der Waals surface area contributed by atoms with Crippen LogP contribution in [0.1, 0.15) is 29.0 Å². The average Bonchev–Trinajstić information content (AvgIpc) is 3.07. The second kappa shape index (κ2) is 7.61. The zero-order valence-corrected chi connectivity index (χ0v) is 15.6. The van der Waals surface area contributed by atoms with E-state index in [0.717, 1.165) is 10.4 Å². The van der Waals surface area contributed by atoms with Crippen LogP contribution in [0.15, 0.2) is 41.3 Å². The third kappa shape index (κ3) is 3.43. The third-order valence-corrected chi connectivity index (χ3v) is 5.19. The molecule has 1 aromatic carbocycles. The maximum absolute atomic E-state index is 12.7. The number of carbonyl (C=O) groups is 2. The second-order valence-corrected chi connectivity index (χ2v) is 6.68. The molecule has 7 heteroatoms. The molecule has 0 aliphatic carbocycles. The van der Waals surface area contributed by atoms with Crippen molar-refractivity contribution in [3.8, 4) is 5.75 Å². The van der Waals surface area contributed by atoms with Crippen LogP contribution in [0.3, 0.4) is 0 Å². The number of thiophene rings is 1. The van der Waals surface area contributed by atoms with Crippen LogP contribution in [0.5, 0.6) is 5.75 Å². The minimum absolute atomic E-state index is 0.252. The predicted molar refractivity (Wildman–Crippen MR) is 100 cm³/mol. The summed E-state index contributed by atoms with van der Waals surface area (Å²) in [4.78, 5) is 25.9. The fourth-order valence-electron chi connectivity index (χ4n) is 2.86. The molecule has 0 spiro atoms. The van der Waals surface area contributed by atoms with Crippen molar-refractivity contribution in [3.63, 3.8) is 0 Å². The highest BCUT2D eigenvalue weighted by Crippen LogP contribution is 2.36. The fraction of sp³-hybridized carbons (Fsp3) is 0.263. The maximum atomic E-state index is 12.7. The first-order chi connectivity index (χ1) is 12.5. The van der Waals surface area contributed by atoms with Crippen LogP contribution >= 0.6 is 11.3 Å². The molecule has 0 saturated carbocycles. The van der Waals surface area contributed by atoms with E-state index >= 15 is 0 Å². The van der Waals surface area contributed by atoms with Crippen LogP contribution in [0.2, 0.25) is 0 Å². The van der Waals surface area contributed by atoms with Crippen molar-refractivity contribution in [1.82, 2.24) is 10.6 Å². The Morgan fingerprint density at radius 2 is 1.96 bits per heavy atom. The van der Waals surface area contributed by atoms with Gasteiger partial charge in [0.15, 0.2) is 0 Å². The minimum atomic E-state index is -0.556. The Balaban J connectivity index is 2.16. The van der Waals surface area contributed by atoms with Crippen molar-refractivity contribution in [3.05, 3.63) is 57.3 Å². The van der Waals surface area contributed by atoms with Gasteiger partial charge in [-0.25, -0.2) is 9.59 Å². The third-order valence-electron chi connectivity index (χ3n) is 4.11. The average molecular weight is 372 g/mol. The molecule has 2 amide bonds. The highest BCUT2D eigenvalue weighted by Gasteiger charge is 2.35. The molecule has 1 aliphatic heterocycles. The highest BCUT2D eigenvalue weighted by atomic mass is 32.1. The van der Waals surface area contributed by atoms with Gasteiger partial charge in [0.1, 0.15) is 5.75 Å². The molecular formula is C19H20N2O4S. The molecule has 136 valence electrons. The number of rotatable bonds is 5. The van der Waals surface area contributed by atoms with Crippen LogP contribution in [-0.2, 0) is 9.53 Å². The highest BCUT2D eigenvalue weighted by molar-refractivity contribution is 7.10. The van der Waals surface area contributed by atoms with Gasteiger partial charge in [0.05, 0.1) is 31.0 Å². The molecule has 2 aromatic rings. The van der Waals surface area contributed by atoms with E-state index in [4.69, 9.17) is 9.47 Å². The van der Waals surface area contributed by atoms with Gasteiger partial charge in [0, 0.05) is 4.88 Å². The number of ether oxygens (including phenoxy) is 2. The summed E-state index contributed by atoms with van der Waals surface area (Å²) >= 11 is 1.50. The van der Waals surface area contributed by atoms with E-state index in [1.165, 1.54) is 11.3 Å². The standard InChI is InChI=1S/C19H20N2O4S/c1-4-25-18(22)14-15(12-5-7-13(24-3)8-6-12)20-19(23)21-16(14)17-11(2)9-10-26-17/h5-10,16H,4H2,1-3H3,(H2,20,21,23). The number of aryl methyl sites for hydroxylation is 1. The summed E-state index contributed by atoms with van der Waals surface area (Å²) in [6.45, 7) is 3.96. The van der Waals surface area contributed by atoms with Crippen LogP contribution in [-0.4, -0.2) is 25.7 Å². The first-order valence-corrected chi connectivity index (χ1v) is 9.10. The number of methoxy groups -OCH3 is 1. The zero-order valence-electron chi connectivity index (χ0n) is 14.8. The van der Waals surface area contributed by atoms with Gasteiger partial charge in [0.2, 0.25) is 0 Å². The molecule has 1 aromatic heterocycles. The Labute approximate surface area is 155 Å². The number of amides is 2. The molecule has 3 rings (SSSR count). The van der Waals surface area contributed by atoms with Gasteiger partial charge in [-0.05, 0) is 60.7 Å². The van der Waals surface area contributed by atoms with Gasteiger partial charge in [0.25, 0.3) is 0 Å². The van der Waals surface area contributed by atoms with E-state index in [2.05, 4.69) is 10.6 Å². The maximum Gasteiger partial charge on any atom is 0.338 e. The Hall–Kier alpha value is -2.80. The first kappa shape index (κ1) is 18.0. The van der Waals surface area contributed by atoms with Crippen molar-refractivity contribution < 1.29 is 19.1 Å². The normalized spacial score (nSPS) is 16.7. The van der Waals surface area contributed by atoms with Crippen molar-refractivity contribution in [1.29, 1.82) is 0 Å². The summed E-state index contributed by atoms with van der Waals surface area (Å²) < 4.78 is 10.5. The molecular weight excluding hydrogens is 352 g/mol. The SMILES string of the molecule is CCOC(=O)C1=C(c2ccc(OC)cc2)NC(=O)NC1c1sccc1C. The second-order valence-electron chi connectivity index (χ2n) is 5.74. The number of esters is 1. The number of benzene rings is 1. The smallest absolute Gasteiger partial charge is 0.338 e. The quantitative estimate of drug-likeness (QED) is 0.789. The number of nitrogens with one attached hydrogen (secondary N) is 2. The molecule has 0 saturated heterocycles. The molecule has 6 nitrogen and oxygen atoms in total. The summed E-state index contributed by atoms with van der Waals surface area (Å²) in [5, 5.41) is 7.55. The van der Waals surface area contributed by atoms with E-state index in [-0.39, 0.29) is 12.6 Å². The largest absolute Gasteiger partial charge is 0.497 e. The van der Waals surface area contributed by atoms with Crippen molar-refractivity contribution in [2.45, 2.75) is 19.9 Å². The van der Waals surface area contributed by atoms with Gasteiger partial charge in [-0.3, -0.25) is 0 Å². The van der Waals surface area contributed by atoms with E-state index in [1.54, 1.807) is 38.3 Å². The first-order valence-electron chi connectivity index (χ1n) is 8.22. The number of urea groups is 1. The lowest BCUT2D eigenvalue weighted by Crippen LogP contribution is -2.45. The van der Waals surface area contributed by atoms with Crippen molar-refractivity contribution in [2.75, 3.05) is 13.7 Å². The molecule has 2 N–H and O–H groups in total. The summed E-state index contributed by atoms with van der Waals surface area (Å²) in [6.07, 6.45) is 0. The number of hydrogen-bond donors (Lipinski definition) is 2. The Morgan fingerprint density at radius 1 is 1.23 bits per heavy atom. The summed E-state index contributed by atoms with van der Waals surface area (Å²) in [6, 6.07) is 8.22. The summed E-state index contributed by atoms with van der Waals surface area (Å²) in [7, 11) is 1.58. The Bertz CT molecular complexity index is 855. The lowest BCUT2D eigenvalue weighted by atomic mass is 9.95. The predicted octanol–water partition coefficient (Wildman–Crippen LogP) is 3.39.